The van der Waals surface area contributed by atoms with Gasteiger partial charge in [0.15, 0.2) is 12.2 Å². The molecule has 2 aliphatic rings. The van der Waals surface area contributed by atoms with Crippen molar-refractivity contribution in [3.63, 3.8) is 0 Å². The van der Waals surface area contributed by atoms with Gasteiger partial charge in [0.05, 0.1) is 6.61 Å². The fraction of sp³-hybridized carbons (Fsp3) is 0.750. The Kier molecular flexibility index (Phi) is 5.78. The van der Waals surface area contributed by atoms with Crippen LogP contribution in [0.1, 0.15) is 34.6 Å². The van der Waals surface area contributed by atoms with Crippen molar-refractivity contribution in [2.45, 2.75) is 70.6 Å². The smallest absolute Gasteiger partial charge is 0.303 e. The number of carbonyl (C=O) groups excluding carboxylic acids is 3. The largest absolute Gasteiger partial charge is 0.456 e. The summed E-state index contributed by atoms with van der Waals surface area (Å²) in [5.41, 5.74) is 0. The molecule has 27 heavy (non-hydrogen) atoms. The molecule has 152 valence electrons. The van der Waals surface area contributed by atoms with Crippen LogP contribution in [-0.2, 0) is 42.8 Å². The molecule has 0 amide bonds. The molecule has 2 aliphatic heterocycles. The van der Waals surface area contributed by atoms with E-state index in [2.05, 4.69) is 0 Å². The zero-order valence-electron chi connectivity index (χ0n) is 15.6. The van der Waals surface area contributed by atoms with Crippen LogP contribution in [0.15, 0.2) is 0 Å². The second-order valence-corrected chi connectivity index (χ2v) is 6.62. The van der Waals surface area contributed by atoms with E-state index in [0.29, 0.717) is 0 Å². The van der Waals surface area contributed by atoms with Crippen molar-refractivity contribution in [2.24, 2.45) is 0 Å². The summed E-state index contributed by atoms with van der Waals surface area (Å²) in [5, 5.41) is 17.9. The van der Waals surface area contributed by atoms with Crippen LogP contribution in [0.25, 0.3) is 0 Å². The Bertz CT molecular complexity index is 647. The third kappa shape index (κ3) is 4.20. The van der Waals surface area contributed by atoms with E-state index in [1.807, 2.05) is 0 Å². The van der Waals surface area contributed by atoms with Crippen molar-refractivity contribution in [1.82, 2.24) is 0 Å². The van der Waals surface area contributed by atoms with Crippen LogP contribution < -0.4 is 0 Å². The molecule has 2 rings (SSSR count). The molecular weight excluding hydrogens is 366 g/mol. The first-order chi connectivity index (χ1) is 12.4. The van der Waals surface area contributed by atoms with Crippen molar-refractivity contribution in [3.8, 4) is 0 Å². The normalized spacial score (nSPS) is 34.7. The van der Waals surface area contributed by atoms with Gasteiger partial charge >= 0.3 is 17.9 Å². The lowest BCUT2D eigenvalue weighted by Crippen LogP contribution is -2.70. The van der Waals surface area contributed by atoms with Gasteiger partial charge in [0.1, 0.15) is 6.10 Å². The summed E-state index contributed by atoms with van der Waals surface area (Å²) in [6.07, 6.45) is -5.51. The molecule has 2 saturated heterocycles. The summed E-state index contributed by atoms with van der Waals surface area (Å²) in [6, 6.07) is 0. The Morgan fingerprint density at radius 1 is 1.04 bits per heavy atom. The van der Waals surface area contributed by atoms with Crippen LogP contribution in [-0.4, -0.2) is 71.5 Å². The molecule has 2 heterocycles. The van der Waals surface area contributed by atoms with Crippen molar-refractivity contribution >= 4 is 23.8 Å². The SMILES string of the molecule is CC(=O)O[C@H]1[C@H](OC(C)=O)[C@@H](CO)O[C@]2(OC(C)(C)OC2=N)[C@@H]1OC(C)=O. The molecule has 2 N–H and O–H groups in total. The Morgan fingerprint density at radius 2 is 1.56 bits per heavy atom. The minimum Gasteiger partial charge on any atom is -0.456 e. The van der Waals surface area contributed by atoms with Crippen molar-refractivity contribution in [2.75, 3.05) is 6.61 Å². The number of nitrogens with one attached hydrogen (secondary N) is 1. The molecule has 11 heteroatoms. The van der Waals surface area contributed by atoms with E-state index in [-0.39, 0.29) is 0 Å². The Balaban J connectivity index is 2.57. The minimum absolute atomic E-state index is 0.546. The van der Waals surface area contributed by atoms with E-state index in [0.717, 1.165) is 20.8 Å². The van der Waals surface area contributed by atoms with Gasteiger partial charge in [-0.2, -0.15) is 0 Å². The Hall–Kier alpha value is -2.24. The first-order valence-corrected chi connectivity index (χ1v) is 8.20. The molecule has 0 aromatic rings. The van der Waals surface area contributed by atoms with Crippen LogP contribution >= 0.6 is 0 Å². The summed E-state index contributed by atoms with van der Waals surface area (Å²) < 4.78 is 32.4. The molecule has 0 unspecified atom stereocenters. The van der Waals surface area contributed by atoms with Gasteiger partial charge in [-0.3, -0.25) is 24.5 Å². The molecule has 5 atom stereocenters. The zero-order valence-corrected chi connectivity index (χ0v) is 15.6. The maximum Gasteiger partial charge on any atom is 0.303 e. The molecule has 11 nitrogen and oxygen atoms in total. The summed E-state index contributed by atoms with van der Waals surface area (Å²) >= 11 is 0. The first kappa shape index (κ1) is 21.1. The predicted molar refractivity (Wildman–Crippen MR) is 85.3 cm³/mol. The zero-order chi connectivity index (χ0) is 20.6. The van der Waals surface area contributed by atoms with Gasteiger partial charge in [-0.25, -0.2) is 0 Å². The highest BCUT2D eigenvalue weighted by Crippen LogP contribution is 2.44. The molecule has 0 aliphatic carbocycles. The van der Waals surface area contributed by atoms with Crippen molar-refractivity contribution < 1.29 is 47.9 Å². The Morgan fingerprint density at radius 3 is 1.96 bits per heavy atom. The number of hydrogen-bond acceptors (Lipinski definition) is 11. The monoisotopic (exact) mass is 389 g/mol. The van der Waals surface area contributed by atoms with E-state index in [9.17, 15) is 19.5 Å². The number of rotatable bonds is 4. The van der Waals surface area contributed by atoms with Gasteiger partial charge in [0, 0.05) is 34.6 Å². The molecular formula is C16H23NO10. The van der Waals surface area contributed by atoms with E-state index in [4.69, 9.17) is 33.8 Å². The number of carbonyl (C=O) groups is 3. The first-order valence-electron chi connectivity index (χ1n) is 8.20. The third-order valence-corrected chi connectivity index (χ3v) is 3.83. The molecule has 2 fully saturated rings. The molecule has 0 saturated carbocycles. The third-order valence-electron chi connectivity index (χ3n) is 3.83. The van der Waals surface area contributed by atoms with Crippen LogP contribution in [0.3, 0.4) is 0 Å². The number of esters is 3. The maximum atomic E-state index is 11.7. The average Bonchev–Trinajstić information content (AvgIpc) is 2.73. The summed E-state index contributed by atoms with van der Waals surface area (Å²) in [6.45, 7) is 5.65. The summed E-state index contributed by atoms with van der Waals surface area (Å²) in [5.74, 6) is -6.27. The second kappa shape index (κ2) is 7.41. The van der Waals surface area contributed by atoms with E-state index in [1.54, 1.807) is 0 Å². The molecule has 0 bridgehead atoms. The van der Waals surface area contributed by atoms with E-state index < -0.39 is 66.4 Å². The maximum absolute atomic E-state index is 11.7. The van der Waals surface area contributed by atoms with Crippen LogP contribution in [0, 0.1) is 5.41 Å². The quantitative estimate of drug-likeness (QED) is 0.481. The fourth-order valence-corrected chi connectivity index (χ4v) is 3.09. The van der Waals surface area contributed by atoms with Gasteiger partial charge in [-0.05, 0) is 0 Å². The molecule has 0 aromatic carbocycles. The minimum atomic E-state index is -2.10. The number of aliphatic hydroxyl groups is 1. The fourth-order valence-electron chi connectivity index (χ4n) is 3.09. The van der Waals surface area contributed by atoms with E-state index in [1.165, 1.54) is 13.8 Å². The Labute approximate surface area is 155 Å². The van der Waals surface area contributed by atoms with Gasteiger partial charge in [-0.1, -0.05) is 0 Å². The second-order valence-electron chi connectivity index (χ2n) is 6.62. The van der Waals surface area contributed by atoms with Crippen LogP contribution in [0.5, 0.6) is 0 Å². The van der Waals surface area contributed by atoms with Gasteiger partial charge < -0.3 is 28.8 Å². The topological polar surface area (TPSA) is 151 Å². The van der Waals surface area contributed by atoms with Gasteiger partial charge in [0.2, 0.25) is 17.8 Å². The summed E-state index contributed by atoms with van der Waals surface area (Å²) in [4.78, 5) is 34.8. The number of hydrogen-bond donors (Lipinski definition) is 2. The highest BCUT2D eigenvalue weighted by Gasteiger charge is 2.68. The van der Waals surface area contributed by atoms with Crippen molar-refractivity contribution in [3.05, 3.63) is 0 Å². The van der Waals surface area contributed by atoms with E-state index >= 15 is 0 Å². The standard InChI is InChI=1S/C16H23NO10/c1-7(19)22-11-10(6-18)25-16(14(17)26-15(4,5)27-16)13(24-9(3)21)12(11)23-8(2)20/h10-13,17-18H,6H2,1-5H3/t10-,11-,12+,13-,16+/m1/s1. The molecule has 0 aromatic heterocycles. The van der Waals surface area contributed by atoms with Crippen LogP contribution in [0.4, 0.5) is 0 Å². The average molecular weight is 389 g/mol. The molecule has 1 spiro atoms. The molecule has 0 radical (unpaired) electrons. The summed E-state index contributed by atoms with van der Waals surface area (Å²) in [7, 11) is 0. The van der Waals surface area contributed by atoms with Gasteiger partial charge in [0.25, 0.3) is 5.79 Å². The highest BCUT2D eigenvalue weighted by molar-refractivity contribution is 5.84. The number of aliphatic hydroxyl groups excluding tert-OH is 1. The predicted octanol–water partition coefficient (Wildman–Crippen LogP) is -0.371. The lowest BCUT2D eigenvalue weighted by molar-refractivity contribution is -0.352. The van der Waals surface area contributed by atoms with Crippen LogP contribution in [0.2, 0.25) is 0 Å². The lowest BCUT2D eigenvalue weighted by Gasteiger charge is -2.47. The number of ether oxygens (including phenoxy) is 6. The van der Waals surface area contributed by atoms with Crippen molar-refractivity contribution in [1.29, 1.82) is 5.41 Å². The van der Waals surface area contributed by atoms with Gasteiger partial charge in [-0.15, -0.1) is 0 Å². The highest BCUT2D eigenvalue weighted by atomic mass is 16.9. The lowest BCUT2D eigenvalue weighted by atomic mass is 9.91.